The SMILES string of the molecule is CC(C)c1coc(C2CC2)n1. The molecule has 0 radical (unpaired) electrons. The molecule has 1 fully saturated rings. The number of hydrogen-bond donors (Lipinski definition) is 0. The maximum absolute atomic E-state index is 5.34. The molecular formula is C9H13NO. The lowest BCUT2D eigenvalue weighted by molar-refractivity contribution is 0.496. The monoisotopic (exact) mass is 151 g/mol. The molecule has 0 aromatic carbocycles. The molecule has 0 amide bonds. The van der Waals surface area contributed by atoms with E-state index in [0.717, 1.165) is 11.6 Å². The Hall–Kier alpha value is -0.790. The van der Waals surface area contributed by atoms with Gasteiger partial charge in [-0.2, -0.15) is 0 Å². The van der Waals surface area contributed by atoms with E-state index in [9.17, 15) is 0 Å². The van der Waals surface area contributed by atoms with Crippen molar-refractivity contribution in [3.8, 4) is 0 Å². The maximum Gasteiger partial charge on any atom is 0.197 e. The molecule has 0 bridgehead atoms. The summed E-state index contributed by atoms with van der Waals surface area (Å²) in [5.41, 5.74) is 1.09. The number of rotatable bonds is 2. The third kappa shape index (κ3) is 1.30. The lowest BCUT2D eigenvalue weighted by Gasteiger charge is -1.94. The Morgan fingerprint density at radius 3 is 2.73 bits per heavy atom. The van der Waals surface area contributed by atoms with Crippen LogP contribution in [0.1, 0.15) is 50.1 Å². The summed E-state index contributed by atoms with van der Waals surface area (Å²) < 4.78 is 5.34. The standard InChI is InChI=1S/C9H13NO/c1-6(2)8-5-11-9(10-8)7-3-4-7/h5-7H,3-4H2,1-2H3. The Balaban J connectivity index is 2.18. The quantitative estimate of drug-likeness (QED) is 0.649. The zero-order valence-corrected chi connectivity index (χ0v) is 7.00. The molecule has 0 saturated heterocycles. The highest BCUT2D eigenvalue weighted by Gasteiger charge is 2.28. The van der Waals surface area contributed by atoms with Gasteiger partial charge in [-0.1, -0.05) is 13.8 Å². The third-order valence-corrected chi connectivity index (χ3v) is 2.06. The Morgan fingerprint density at radius 1 is 1.55 bits per heavy atom. The zero-order valence-electron chi connectivity index (χ0n) is 7.00. The summed E-state index contributed by atoms with van der Waals surface area (Å²) in [4.78, 5) is 4.41. The van der Waals surface area contributed by atoms with Crippen LogP contribution in [0.4, 0.5) is 0 Å². The van der Waals surface area contributed by atoms with Crippen LogP contribution < -0.4 is 0 Å². The normalized spacial score (nSPS) is 17.7. The molecule has 2 rings (SSSR count). The average molecular weight is 151 g/mol. The smallest absolute Gasteiger partial charge is 0.197 e. The maximum atomic E-state index is 5.34. The van der Waals surface area contributed by atoms with E-state index in [1.807, 2.05) is 0 Å². The van der Waals surface area contributed by atoms with Crippen molar-refractivity contribution >= 4 is 0 Å². The van der Waals surface area contributed by atoms with Crippen LogP contribution >= 0.6 is 0 Å². The first kappa shape index (κ1) is 6.89. The second-order valence-electron chi connectivity index (χ2n) is 3.54. The minimum atomic E-state index is 0.492. The minimum absolute atomic E-state index is 0.492. The van der Waals surface area contributed by atoms with Crippen molar-refractivity contribution in [3.05, 3.63) is 17.8 Å². The highest BCUT2D eigenvalue weighted by atomic mass is 16.3. The Bertz CT molecular complexity index is 231. The van der Waals surface area contributed by atoms with Gasteiger partial charge in [0, 0.05) is 5.92 Å². The summed E-state index contributed by atoms with van der Waals surface area (Å²) >= 11 is 0. The second kappa shape index (κ2) is 2.36. The van der Waals surface area contributed by atoms with Crippen LogP contribution in [0, 0.1) is 0 Å². The summed E-state index contributed by atoms with van der Waals surface area (Å²) in [6.07, 6.45) is 4.31. The van der Waals surface area contributed by atoms with Crippen molar-refractivity contribution in [2.24, 2.45) is 0 Å². The molecule has 1 saturated carbocycles. The average Bonchev–Trinajstić information content (AvgIpc) is 2.68. The molecule has 11 heavy (non-hydrogen) atoms. The fourth-order valence-electron chi connectivity index (χ4n) is 1.08. The first-order chi connectivity index (χ1) is 5.27. The molecule has 1 aromatic heterocycles. The van der Waals surface area contributed by atoms with Crippen LogP contribution in [0.3, 0.4) is 0 Å². The van der Waals surface area contributed by atoms with E-state index in [2.05, 4.69) is 18.8 Å². The first-order valence-corrected chi connectivity index (χ1v) is 4.22. The molecule has 1 aromatic rings. The molecule has 2 heteroatoms. The van der Waals surface area contributed by atoms with Gasteiger partial charge in [0.2, 0.25) is 0 Å². The van der Waals surface area contributed by atoms with E-state index < -0.39 is 0 Å². The highest BCUT2D eigenvalue weighted by Crippen LogP contribution is 2.39. The molecule has 1 heterocycles. The van der Waals surface area contributed by atoms with Crippen molar-refractivity contribution < 1.29 is 4.42 Å². The van der Waals surface area contributed by atoms with Gasteiger partial charge >= 0.3 is 0 Å². The molecule has 60 valence electrons. The Labute approximate surface area is 66.6 Å². The van der Waals surface area contributed by atoms with Gasteiger partial charge in [0.25, 0.3) is 0 Å². The summed E-state index contributed by atoms with van der Waals surface area (Å²) in [6, 6.07) is 0. The lowest BCUT2D eigenvalue weighted by Crippen LogP contribution is -1.87. The van der Waals surface area contributed by atoms with Crippen molar-refractivity contribution in [3.63, 3.8) is 0 Å². The predicted molar refractivity (Wildman–Crippen MR) is 42.6 cm³/mol. The van der Waals surface area contributed by atoms with Crippen molar-refractivity contribution in [2.45, 2.75) is 38.5 Å². The van der Waals surface area contributed by atoms with Gasteiger partial charge in [0.15, 0.2) is 5.89 Å². The van der Waals surface area contributed by atoms with Crippen LogP contribution in [-0.4, -0.2) is 4.98 Å². The van der Waals surface area contributed by atoms with Gasteiger partial charge < -0.3 is 4.42 Å². The van der Waals surface area contributed by atoms with Gasteiger partial charge in [0.05, 0.1) is 5.69 Å². The largest absolute Gasteiger partial charge is 0.448 e. The first-order valence-electron chi connectivity index (χ1n) is 4.22. The number of hydrogen-bond acceptors (Lipinski definition) is 2. The van der Waals surface area contributed by atoms with Crippen molar-refractivity contribution in [1.29, 1.82) is 0 Å². The summed E-state index contributed by atoms with van der Waals surface area (Å²) in [7, 11) is 0. The van der Waals surface area contributed by atoms with Gasteiger partial charge in [-0.05, 0) is 18.8 Å². The second-order valence-corrected chi connectivity index (χ2v) is 3.54. The molecule has 1 aliphatic rings. The van der Waals surface area contributed by atoms with E-state index in [4.69, 9.17) is 4.42 Å². The predicted octanol–water partition coefficient (Wildman–Crippen LogP) is 2.68. The van der Waals surface area contributed by atoms with Crippen LogP contribution in [0.15, 0.2) is 10.7 Å². The minimum Gasteiger partial charge on any atom is -0.448 e. The van der Waals surface area contributed by atoms with Gasteiger partial charge in [-0.3, -0.25) is 0 Å². The summed E-state index contributed by atoms with van der Waals surface area (Å²) in [5.74, 6) is 2.09. The van der Waals surface area contributed by atoms with Crippen LogP contribution in [0.25, 0.3) is 0 Å². The summed E-state index contributed by atoms with van der Waals surface area (Å²) in [5, 5.41) is 0. The molecule has 0 unspecified atom stereocenters. The van der Waals surface area contributed by atoms with E-state index in [-0.39, 0.29) is 0 Å². The zero-order chi connectivity index (χ0) is 7.84. The Morgan fingerprint density at radius 2 is 2.27 bits per heavy atom. The fourth-order valence-corrected chi connectivity index (χ4v) is 1.08. The van der Waals surface area contributed by atoms with E-state index in [1.54, 1.807) is 6.26 Å². The van der Waals surface area contributed by atoms with Crippen LogP contribution in [-0.2, 0) is 0 Å². The molecule has 1 aliphatic carbocycles. The molecule has 0 aliphatic heterocycles. The van der Waals surface area contributed by atoms with Crippen LogP contribution in [0.5, 0.6) is 0 Å². The van der Waals surface area contributed by atoms with E-state index >= 15 is 0 Å². The number of aromatic nitrogens is 1. The van der Waals surface area contributed by atoms with Gasteiger partial charge in [-0.25, -0.2) is 4.98 Å². The third-order valence-electron chi connectivity index (χ3n) is 2.06. The molecular weight excluding hydrogens is 138 g/mol. The summed E-state index contributed by atoms with van der Waals surface area (Å²) in [6.45, 7) is 4.27. The number of nitrogens with zero attached hydrogens (tertiary/aromatic N) is 1. The lowest BCUT2D eigenvalue weighted by atomic mass is 10.2. The Kier molecular flexibility index (Phi) is 1.48. The number of oxazole rings is 1. The molecule has 0 N–H and O–H groups in total. The topological polar surface area (TPSA) is 26.0 Å². The van der Waals surface area contributed by atoms with Crippen molar-refractivity contribution in [1.82, 2.24) is 4.98 Å². The molecule has 2 nitrogen and oxygen atoms in total. The van der Waals surface area contributed by atoms with Crippen molar-refractivity contribution in [2.75, 3.05) is 0 Å². The highest BCUT2D eigenvalue weighted by molar-refractivity contribution is 5.08. The molecule has 0 spiro atoms. The van der Waals surface area contributed by atoms with Gasteiger partial charge in [-0.15, -0.1) is 0 Å². The molecule has 0 atom stereocenters. The van der Waals surface area contributed by atoms with Gasteiger partial charge in [0.1, 0.15) is 6.26 Å². The fraction of sp³-hybridized carbons (Fsp3) is 0.667. The van der Waals surface area contributed by atoms with Crippen LogP contribution in [0.2, 0.25) is 0 Å². The van der Waals surface area contributed by atoms with E-state index in [0.29, 0.717) is 11.8 Å². The van der Waals surface area contributed by atoms with E-state index in [1.165, 1.54) is 12.8 Å².